The molecule has 4 rings (SSSR count). The first-order valence-electron chi connectivity index (χ1n) is 9.42. The summed E-state index contributed by atoms with van der Waals surface area (Å²) in [5.74, 6) is 1.59. The number of benzene rings is 2. The second kappa shape index (κ2) is 7.99. The van der Waals surface area contributed by atoms with Crippen LogP contribution in [0.15, 0.2) is 48.5 Å². The fraction of sp³-hybridized carbons (Fsp3) is 0.250. The fourth-order valence-corrected chi connectivity index (χ4v) is 3.20. The zero-order valence-electron chi connectivity index (χ0n) is 15.6. The predicted molar refractivity (Wildman–Crippen MR) is 114 cm³/mol. The summed E-state index contributed by atoms with van der Waals surface area (Å²) in [6.45, 7) is 1.89. The summed E-state index contributed by atoms with van der Waals surface area (Å²) in [4.78, 5) is 16.0. The highest BCUT2D eigenvalue weighted by Gasteiger charge is 2.16. The van der Waals surface area contributed by atoms with Crippen LogP contribution in [0.25, 0.3) is 0 Å². The molecule has 8 nitrogen and oxygen atoms in total. The van der Waals surface area contributed by atoms with E-state index in [1.165, 1.54) is 6.42 Å². The van der Waals surface area contributed by atoms with E-state index in [2.05, 4.69) is 30.5 Å². The van der Waals surface area contributed by atoms with Crippen molar-refractivity contribution in [3.8, 4) is 0 Å². The second-order valence-electron chi connectivity index (χ2n) is 6.83. The molecular formula is C20H24N8. The van der Waals surface area contributed by atoms with E-state index in [0.717, 1.165) is 37.3 Å². The average Bonchev–Trinajstić information content (AvgIpc) is 2.68. The number of aromatic nitrogens is 3. The summed E-state index contributed by atoms with van der Waals surface area (Å²) in [7, 11) is 0. The van der Waals surface area contributed by atoms with Gasteiger partial charge in [0.2, 0.25) is 17.8 Å². The third-order valence-corrected chi connectivity index (χ3v) is 4.55. The summed E-state index contributed by atoms with van der Waals surface area (Å²) in [6.07, 6.45) is 3.52. The zero-order valence-corrected chi connectivity index (χ0v) is 15.6. The van der Waals surface area contributed by atoms with Gasteiger partial charge in [-0.15, -0.1) is 0 Å². The molecule has 6 N–H and O–H groups in total. The molecule has 2 heterocycles. The minimum atomic E-state index is 0.465. The molecule has 2 aromatic carbocycles. The summed E-state index contributed by atoms with van der Waals surface area (Å²) >= 11 is 0. The highest BCUT2D eigenvalue weighted by atomic mass is 15.3. The highest BCUT2D eigenvalue weighted by Crippen LogP contribution is 2.23. The maximum atomic E-state index is 5.88. The van der Waals surface area contributed by atoms with Crippen molar-refractivity contribution in [2.24, 2.45) is 0 Å². The molecule has 0 amide bonds. The van der Waals surface area contributed by atoms with Crippen molar-refractivity contribution < 1.29 is 0 Å². The number of nitrogen functional groups attached to an aromatic ring is 2. The first-order chi connectivity index (χ1) is 13.7. The van der Waals surface area contributed by atoms with Crippen LogP contribution in [0.5, 0.6) is 0 Å². The Kier molecular flexibility index (Phi) is 5.09. The lowest BCUT2D eigenvalue weighted by Gasteiger charge is -2.27. The van der Waals surface area contributed by atoms with Crippen LogP contribution in [0, 0.1) is 0 Å². The van der Waals surface area contributed by atoms with Crippen molar-refractivity contribution in [2.75, 3.05) is 40.1 Å². The minimum Gasteiger partial charge on any atom is -0.399 e. The van der Waals surface area contributed by atoms with Crippen molar-refractivity contribution in [3.63, 3.8) is 0 Å². The largest absolute Gasteiger partial charge is 0.399 e. The van der Waals surface area contributed by atoms with Gasteiger partial charge >= 0.3 is 0 Å². The van der Waals surface area contributed by atoms with Gasteiger partial charge in [0.25, 0.3) is 0 Å². The van der Waals surface area contributed by atoms with Gasteiger partial charge in [0, 0.05) is 35.8 Å². The predicted octanol–water partition coefficient (Wildman–Crippen LogP) is 3.51. The Morgan fingerprint density at radius 3 is 1.75 bits per heavy atom. The third-order valence-electron chi connectivity index (χ3n) is 4.55. The summed E-state index contributed by atoms with van der Waals surface area (Å²) in [5.41, 5.74) is 14.8. The zero-order chi connectivity index (χ0) is 19.3. The van der Waals surface area contributed by atoms with Crippen molar-refractivity contribution in [2.45, 2.75) is 19.3 Å². The van der Waals surface area contributed by atoms with Crippen LogP contribution >= 0.6 is 0 Å². The Bertz CT molecular complexity index is 887. The third kappa shape index (κ3) is 4.40. The van der Waals surface area contributed by atoms with Gasteiger partial charge in [-0.3, -0.25) is 0 Å². The number of piperidine rings is 1. The molecule has 0 aliphatic carbocycles. The van der Waals surface area contributed by atoms with E-state index in [0.29, 0.717) is 29.2 Å². The lowest BCUT2D eigenvalue weighted by atomic mass is 10.1. The van der Waals surface area contributed by atoms with Crippen LogP contribution in [-0.2, 0) is 0 Å². The smallest absolute Gasteiger partial charge is 0.233 e. The van der Waals surface area contributed by atoms with Gasteiger partial charge in [0.1, 0.15) is 0 Å². The molecular weight excluding hydrogens is 352 g/mol. The SMILES string of the molecule is Nc1cccc(Nc2nc(Nc3cccc(N)c3)nc(N3CCCCC3)n2)c1. The van der Waals surface area contributed by atoms with Crippen molar-refractivity contribution in [1.29, 1.82) is 0 Å². The molecule has 1 aliphatic heterocycles. The Balaban J connectivity index is 1.65. The van der Waals surface area contributed by atoms with E-state index < -0.39 is 0 Å². The van der Waals surface area contributed by atoms with Gasteiger partial charge in [0.15, 0.2) is 0 Å². The van der Waals surface area contributed by atoms with Gasteiger partial charge in [-0.25, -0.2) is 0 Å². The van der Waals surface area contributed by atoms with Gasteiger partial charge in [-0.1, -0.05) is 12.1 Å². The summed E-state index contributed by atoms with van der Waals surface area (Å²) < 4.78 is 0. The van der Waals surface area contributed by atoms with Gasteiger partial charge in [0.05, 0.1) is 0 Å². The van der Waals surface area contributed by atoms with E-state index in [9.17, 15) is 0 Å². The summed E-state index contributed by atoms with van der Waals surface area (Å²) in [5, 5.41) is 6.46. The first kappa shape index (κ1) is 17.8. The monoisotopic (exact) mass is 376 g/mol. The van der Waals surface area contributed by atoms with E-state index in [-0.39, 0.29) is 0 Å². The van der Waals surface area contributed by atoms with Gasteiger partial charge in [-0.05, 0) is 55.7 Å². The molecule has 1 aromatic heterocycles. The first-order valence-corrected chi connectivity index (χ1v) is 9.42. The fourth-order valence-electron chi connectivity index (χ4n) is 3.20. The van der Waals surface area contributed by atoms with Crippen LogP contribution in [0.4, 0.5) is 40.6 Å². The summed E-state index contributed by atoms with van der Waals surface area (Å²) in [6, 6.07) is 15.0. The number of hydrogen-bond donors (Lipinski definition) is 4. The molecule has 0 atom stereocenters. The van der Waals surface area contributed by atoms with Crippen LogP contribution < -0.4 is 27.0 Å². The Morgan fingerprint density at radius 1 is 0.714 bits per heavy atom. The number of anilines is 7. The van der Waals surface area contributed by atoms with Gasteiger partial charge < -0.3 is 27.0 Å². The van der Waals surface area contributed by atoms with Crippen molar-refractivity contribution in [3.05, 3.63) is 48.5 Å². The molecule has 1 fully saturated rings. The van der Waals surface area contributed by atoms with E-state index in [1.807, 2.05) is 48.5 Å². The lowest BCUT2D eigenvalue weighted by molar-refractivity contribution is 0.568. The van der Waals surface area contributed by atoms with Crippen molar-refractivity contribution in [1.82, 2.24) is 15.0 Å². The molecule has 0 radical (unpaired) electrons. The molecule has 1 saturated heterocycles. The van der Waals surface area contributed by atoms with Crippen LogP contribution in [-0.4, -0.2) is 28.0 Å². The molecule has 0 spiro atoms. The van der Waals surface area contributed by atoms with E-state index in [4.69, 9.17) is 11.5 Å². The number of nitrogens with zero attached hydrogens (tertiary/aromatic N) is 4. The van der Waals surface area contributed by atoms with Crippen LogP contribution in [0.3, 0.4) is 0 Å². The van der Waals surface area contributed by atoms with E-state index in [1.54, 1.807) is 0 Å². The molecule has 3 aromatic rings. The van der Waals surface area contributed by atoms with Crippen LogP contribution in [0.1, 0.15) is 19.3 Å². The maximum Gasteiger partial charge on any atom is 0.233 e. The lowest BCUT2D eigenvalue weighted by Crippen LogP contribution is -2.31. The normalized spacial score (nSPS) is 13.9. The quantitative estimate of drug-likeness (QED) is 0.500. The molecule has 144 valence electrons. The number of rotatable bonds is 5. The molecule has 0 bridgehead atoms. The highest BCUT2D eigenvalue weighted by molar-refractivity contribution is 5.63. The Hall–Kier alpha value is -3.55. The second-order valence-corrected chi connectivity index (χ2v) is 6.83. The average molecular weight is 376 g/mol. The minimum absolute atomic E-state index is 0.465. The molecule has 28 heavy (non-hydrogen) atoms. The molecule has 0 saturated carbocycles. The van der Waals surface area contributed by atoms with Crippen LogP contribution in [0.2, 0.25) is 0 Å². The number of hydrogen-bond acceptors (Lipinski definition) is 8. The van der Waals surface area contributed by atoms with Gasteiger partial charge in [-0.2, -0.15) is 15.0 Å². The maximum absolute atomic E-state index is 5.88. The molecule has 1 aliphatic rings. The molecule has 0 unspecified atom stereocenters. The number of nitrogens with two attached hydrogens (primary N) is 2. The number of nitrogens with one attached hydrogen (secondary N) is 2. The van der Waals surface area contributed by atoms with E-state index >= 15 is 0 Å². The standard InChI is InChI=1S/C20H24N8/c21-14-6-4-8-16(12-14)23-18-25-19(24-17-9-5-7-15(22)13-17)27-20(26-18)28-10-2-1-3-11-28/h4-9,12-13H,1-3,10-11,21-22H2,(H2,23,24,25,26,27). The Labute approximate surface area is 164 Å². The topological polar surface area (TPSA) is 118 Å². The van der Waals surface area contributed by atoms with Crippen molar-refractivity contribution >= 4 is 40.6 Å². The Morgan fingerprint density at radius 2 is 1.25 bits per heavy atom. The molecule has 8 heteroatoms.